The van der Waals surface area contributed by atoms with Gasteiger partial charge in [-0.25, -0.2) is 13.1 Å². The third-order valence-corrected chi connectivity index (χ3v) is 7.00. The van der Waals surface area contributed by atoms with Crippen LogP contribution in [0.25, 0.3) is 10.9 Å². The average Bonchev–Trinajstić information content (AvgIpc) is 3.23. The second kappa shape index (κ2) is 8.98. The first kappa shape index (κ1) is 21.8. The maximum atomic E-state index is 13.0. The molecule has 32 heavy (non-hydrogen) atoms. The predicted octanol–water partition coefficient (Wildman–Crippen LogP) is 4.49. The van der Waals surface area contributed by atoms with Crippen LogP contribution in [0.15, 0.2) is 83.9 Å². The lowest BCUT2D eigenvalue weighted by atomic mass is 9.91. The van der Waals surface area contributed by atoms with Crippen molar-refractivity contribution in [2.45, 2.75) is 17.7 Å². The number of rotatable bonds is 8. The van der Waals surface area contributed by atoms with Gasteiger partial charge in [-0.3, -0.25) is 4.79 Å². The minimum Gasteiger partial charge on any atom is -0.497 e. The number of nitrogens with one attached hydrogen (secondary N) is 2. The van der Waals surface area contributed by atoms with Crippen molar-refractivity contribution in [3.63, 3.8) is 0 Å². The number of hydrogen-bond acceptors (Lipinski definition) is 4. The van der Waals surface area contributed by atoms with E-state index in [0.717, 1.165) is 27.8 Å². The number of aromatic nitrogens is 1. The van der Waals surface area contributed by atoms with Gasteiger partial charge in [0.2, 0.25) is 10.0 Å². The quantitative estimate of drug-likeness (QED) is 0.389. The summed E-state index contributed by atoms with van der Waals surface area (Å²) in [6.07, 6.45) is 1.93. The minimum absolute atomic E-state index is 0.110. The van der Waals surface area contributed by atoms with Gasteiger partial charge in [-0.15, -0.1) is 0 Å². The molecule has 0 saturated carbocycles. The van der Waals surface area contributed by atoms with Crippen molar-refractivity contribution in [1.82, 2.24) is 9.71 Å². The van der Waals surface area contributed by atoms with E-state index >= 15 is 0 Å². The van der Waals surface area contributed by atoms with Crippen molar-refractivity contribution in [3.05, 3.63) is 95.7 Å². The zero-order valence-corrected chi connectivity index (χ0v) is 18.6. The Kier molecular flexibility index (Phi) is 6.12. The molecule has 0 amide bonds. The first-order valence-electron chi connectivity index (χ1n) is 10.2. The summed E-state index contributed by atoms with van der Waals surface area (Å²) in [6.45, 7) is 1.62. The van der Waals surface area contributed by atoms with Gasteiger partial charge < -0.3 is 9.72 Å². The zero-order valence-electron chi connectivity index (χ0n) is 17.8. The van der Waals surface area contributed by atoms with Crippen molar-refractivity contribution in [2.24, 2.45) is 0 Å². The van der Waals surface area contributed by atoms with Crippen molar-refractivity contribution < 1.29 is 17.9 Å². The van der Waals surface area contributed by atoms with E-state index in [1.54, 1.807) is 7.11 Å². The Morgan fingerprint density at radius 3 is 2.34 bits per heavy atom. The normalized spacial score (nSPS) is 12.6. The summed E-state index contributed by atoms with van der Waals surface area (Å²) in [7, 11) is -2.15. The number of hydrogen-bond donors (Lipinski definition) is 2. The maximum Gasteiger partial charge on any atom is 0.240 e. The van der Waals surface area contributed by atoms with E-state index in [0.29, 0.717) is 5.56 Å². The number of aromatic amines is 1. The van der Waals surface area contributed by atoms with Gasteiger partial charge in [0.25, 0.3) is 0 Å². The first-order valence-corrected chi connectivity index (χ1v) is 11.7. The monoisotopic (exact) mass is 448 g/mol. The summed E-state index contributed by atoms with van der Waals surface area (Å²) in [5.41, 5.74) is 3.42. The Labute approximate surface area is 187 Å². The topological polar surface area (TPSA) is 88.3 Å². The number of benzene rings is 3. The number of Topliss-reactive ketones (excluding diaryl/α,β-unsaturated/α-hetero) is 1. The fraction of sp³-hybridized carbons (Fsp3) is 0.160. The van der Waals surface area contributed by atoms with Crippen LogP contribution in [0.1, 0.15) is 34.3 Å². The van der Waals surface area contributed by atoms with Gasteiger partial charge in [-0.2, -0.15) is 0 Å². The molecule has 4 rings (SSSR count). The van der Waals surface area contributed by atoms with Crippen LogP contribution in [0.2, 0.25) is 0 Å². The lowest BCUT2D eigenvalue weighted by Crippen LogP contribution is -2.29. The maximum absolute atomic E-state index is 13.0. The lowest BCUT2D eigenvalue weighted by Gasteiger charge is -2.19. The highest BCUT2D eigenvalue weighted by atomic mass is 32.2. The molecule has 0 radical (unpaired) electrons. The van der Waals surface area contributed by atoms with Gasteiger partial charge in [0.15, 0.2) is 5.78 Å². The SMILES string of the molecule is COc1ccc([C@H](CNS(=O)(=O)c2ccc(C(C)=O)cc2)c2c[nH]c3ccccc23)cc1. The largest absolute Gasteiger partial charge is 0.497 e. The fourth-order valence-electron chi connectivity index (χ4n) is 3.77. The smallest absolute Gasteiger partial charge is 0.240 e. The first-order chi connectivity index (χ1) is 15.4. The van der Waals surface area contributed by atoms with E-state index in [4.69, 9.17) is 4.74 Å². The van der Waals surface area contributed by atoms with E-state index in [1.165, 1.54) is 31.2 Å². The third-order valence-electron chi connectivity index (χ3n) is 5.56. The highest BCUT2D eigenvalue weighted by Gasteiger charge is 2.22. The van der Waals surface area contributed by atoms with Crippen LogP contribution in [-0.4, -0.2) is 32.8 Å². The Balaban J connectivity index is 1.66. The Hall–Kier alpha value is -3.42. The molecule has 0 saturated heterocycles. The van der Waals surface area contributed by atoms with E-state index in [2.05, 4.69) is 9.71 Å². The van der Waals surface area contributed by atoms with Crippen LogP contribution in [0.5, 0.6) is 5.75 Å². The zero-order chi connectivity index (χ0) is 22.7. The Bertz CT molecular complexity index is 1340. The van der Waals surface area contributed by atoms with Crippen molar-refractivity contribution in [1.29, 1.82) is 0 Å². The Morgan fingerprint density at radius 1 is 1.00 bits per heavy atom. The van der Waals surface area contributed by atoms with Crippen molar-refractivity contribution >= 4 is 26.7 Å². The molecule has 3 aromatic carbocycles. The number of fused-ring (bicyclic) bond motifs is 1. The molecular weight excluding hydrogens is 424 g/mol. The molecule has 1 aromatic heterocycles. The molecule has 0 spiro atoms. The molecule has 6 nitrogen and oxygen atoms in total. The molecule has 2 N–H and O–H groups in total. The molecule has 1 heterocycles. The highest BCUT2D eigenvalue weighted by molar-refractivity contribution is 7.89. The number of methoxy groups -OCH3 is 1. The summed E-state index contributed by atoms with van der Waals surface area (Å²) in [6, 6.07) is 21.5. The molecule has 0 aliphatic heterocycles. The van der Waals surface area contributed by atoms with E-state index < -0.39 is 10.0 Å². The molecule has 0 fully saturated rings. The third kappa shape index (κ3) is 4.44. The molecule has 0 aliphatic rings. The standard InChI is InChI=1S/C25H24N2O4S/c1-17(28)18-9-13-21(14-10-18)32(29,30)27-16-23(19-7-11-20(31-2)12-8-19)24-15-26-25-6-4-3-5-22(24)25/h3-15,23,26-27H,16H2,1-2H3/t23-/m0/s1. The van der Waals surface area contributed by atoms with E-state index in [1.807, 2.05) is 54.7 Å². The molecule has 0 aliphatic carbocycles. The molecule has 164 valence electrons. The van der Waals surface area contributed by atoms with Crippen LogP contribution >= 0.6 is 0 Å². The van der Waals surface area contributed by atoms with Gasteiger partial charge in [0, 0.05) is 35.1 Å². The lowest BCUT2D eigenvalue weighted by molar-refractivity contribution is 0.101. The highest BCUT2D eigenvalue weighted by Crippen LogP contribution is 2.31. The second-order valence-electron chi connectivity index (χ2n) is 7.55. The van der Waals surface area contributed by atoms with Crippen molar-refractivity contribution in [3.8, 4) is 5.75 Å². The fourth-order valence-corrected chi connectivity index (χ4v) is 4.82. The molecule has 1 atom stereocenters. The summed E-state index contributed by atoms with van der Waals surface area (Å²) in [5, 5.41) is 1.04. The second-order valence-corrected chi connectivity index (χ2v) is 9.31. The number of H-pyrrole nitrogens is 1. The summed E-state index contributed by atoms with van der Waals surface area (Å²) in [5.74, 6) is 0.404. The summed E-state index contributed by atoms with van der Waals surface area (Å²) < 4.78 is 33.9. The minimum atomic E-state index is -3.76. The van der Waals surface area contributed by atoms with Crippen LogP contribution in [-0.2, 0) is 10.0 Å². The van der Waals surface area contributed by atoms with Crippen LogP contribution in [0, 0.1) is 0 Å². The molecule has 0 bridgehead atoms. The van der Waals surface area contributed by atoms with E-state index in [-0.39, 0.29) is 23.1 Å². The molecule has 0 unspecified atom stereocenters. The van der Waals surface area contributed by atoms with Gasteiger partial charge in [0.05, 0.1) is 12.0 Å². The number of ether oxygens (including phenoxy) is 1. The Morgan fingerprint density at radius 2 is 1.69 bits per heavy atom. The predicted molar refractivity (Wildman–Crippen MR) is 125 cm³/mol. The van der Waals surface area contributed by atoms with Crippen LogP contribution in [0.3, 0.4) is 0 Å². The number of para-hydroxylation sites is 1. The number of sulfonamides is 1. The van der Waals surface area contributed by atoms with Crippen molar-refractivity contribution in [2.75, 3.05) is 13.7 Å². The van der Waals surface area contributed by atoms with Crippen LogP contribution in [0.4, 0.5) is 0 Å². The van der Waals surface area contributed by atoms with Crippen LogP contribution < -0.4 is 9.46 Å². The number of carbonyl (C=O) groups is 1. The van der Waals surface area contributed by atoms with E-state index in [9.17, 15) is 13.2 Å². The molecule has 4 aromatic rings. The summed E-state index contributed by atoms with van der Waals surface area (Å²) >= 11 is 0. The average molecular weight is 449 g/mol. The molecule has 7 heteroatoms. The molecular formula is C25H24N2O4S. The van der Waals surface area contributed by atoms with Gasteiger partial charge in [0.1, 0.15) is 5.75 Å². The van der Waals surface area contributed by atoms with Gasteiger partial charge in [-0.1, -0.05) is 42.5 Å². The summed E-state index contributed by atoms with van der Waals surface area (Å²) in [4.78, 5) is 14.9. The van der Waals surface area contributed by atoms with Gasteiger partial charge in [-0.05, 0) is 48.4 Å². The van der Waals surface area contributed by atoms with Gasteiger partial charge >= 0.3 is 0 Å². The number of carbonyl (C=O) groups excluding carboxylic acids is 1. The number of ketones is 1.